The van der Waals surface area contributed by atoms with Crippen LogP contribution in [-0.4, -0.2) is 40.0 Å². The minimum Gasteiger partial charge on any atom is -0.338 e. The number of thioether (sulfide) groups is 1. The number of aryl methyl sites for hydroxylation is 1. The summed E-state index contributed by atoms with van der Waals surface area (Å²) < 4.78 is 1.56. The van der Waals surface area contributed by atoms with Gasteiger partial charge in [0.05, 0.1) is 0 Å². The van der Waals surface area contributed by atoms with Gasteiger partial charge in [-0.25, -0.2) is 0 Å². The summed E-state index contributed by atoms with van der Waals surface area (Å²) in [5.41, 5.74) is 1.97. The van der Waals surface area contributed by atoms with Crippen molar-refractivity contribution < 1.29 is 4.79 Å². The van der Waals surface area contributed by atoms with Crippen molar-refractivity contribution in [3.05, 3.63) is 33.2 Å². The molecule has 110 valence electrons. The van der Waals surface area contributed by atoms with E-state index in [1.807, 2.05) is 32.7 Å². The molecule has 0 N–H and O–H groups in total. The molecule has 0 radical (unpaired) electrons. The molecule has 1 saturated heterocycles. The molecule has 0 saturated carbocycles. The molecule has 1 amide bonds. The van der Waals surface area contributed by atoms with E-state index < -0.39 is 0 Å². The maximum absolute atomic E-state index is 12.6. The Kier molecular flexibility index (Phi) is 4.58. The van der Waals surface area contributed by atoms with E-state index in [1.165, 1.54) is 0 Å². The van der Waals surface area contributed by atoms with Crippen LogP contribution < -0.4 is 5.56 Å². The molecule has 0 atom stereocenters. The standard InChI is InChI=1S/C15H22N2O2S/c1-10-9-13(14(18)16(3)11(10)2)15(19)17(4)12-5-7-20-8-6-12/h9,12H,5-8H2,1-4H3. The van der Waals surface area contributed by atoms with Crippen molar-refractivity contribution >= 4 is 17.7 Å². The lowest BCUT2D eigenvalue weighted by Gasteiger charge is -2.31. The smallest absolute Gasteiger partial charge is 0.263 e. The van der Waals surface area contributed by atoms with Crippen LogP contribution in [0.2, 0.25) is 0 Å². The summed E-state index contributed by atoms with van der Waals surface area (Å²) in [6, 6.07) is 1.99. The van der Waals surface area contributed by atoms with Gasteiger partial charge >= 0.3 is 0 Å². The molecule has 4 nitrogen and oxygen atoms in total. The van der Waals surface area contributed by atoms with Crippen LogP contribution in [0.25, 0.3) is 0 Å². The Morgan fingerprint density at radius 3 is 2.55 bits per heavy atom. The zero-order valence-corrected chi connectivity index (χ0v) is 13.4. The number of hydrogen-bond acceptors (Lipinski definition) is 3. The van der Waals surface area contributed by atoms with E-state index in [0.29, 0.717) is 0 Å². The van der Waals surface area contributed by atoms with Crippen LogP contribution in [0.3, 0.4) is 0 Å². The molecule has 2 heterocycles. The van der Waals surface area contributed by atoms with Gasteiger partial charge in [-0.05, 0) is 49.8 Å². The summed E-state index contributed by atoms with van der Waals surface area (Å²) in [7, 11) is 3.54. The Morgan fingerprint density at radius 2 is 1.95 bits per heavy atom. The predicted octanol–water partition coefficient (Wildman–Crippen LogP) is 1.97. The average molecular weight is 294 g/mol. The Balaban J connectivity index is 2.31. The second-order valence-corrected chi connectivity index (χ2v) is 6.67. The molecule has 1 aromatic rings. The maximum Gasteiger partial charge on any atom is 0.263 e. The summed E-state index contributed by atoms with van der Waals surface area (Å²) in [6.07, 6.45) is 2.02. The number of hydrogen-bond donors (Lipinski definition) is 0. The number of rotatable bonds is 2. The van der Waals surface area contributed by atoms with Gasteiger partial charge in [0.15, 0.2) is 0 Å². The molecule has 1 fully saturated rings. The largest absolute Gasteiger partial charge is 0.338 e. The Hall–Kier alpha value is -1.23. The minimum absolute atomic E-state index is 0.148. The summed E-state index contributed by atoms with van der Waals surface area (Å²) >= 11 is 1.93. The number of amides is 1. The third kappa shape index (κ3) is 2.77. The highest BCUT2D eigenvalue weighted by Gasteiger charge is 2.25. The molecule has 20 heavy (non-hydrogen) atoms. The van der Waals surface area contributed by atoms with Crippen molar-refractivity contribution in [3.63, 3.8) is 0 Å². The van der Waals surface area contributed by atoms with Crippen molar-refractivity contribution in [2.45, 2.75) is 32.7 Å². The van der Waals surface area contributed by atoms with Crippen LogP contribution >= 0.6 is 11.8 Å². The van der Waals surface area contributed by atoms with Crippen molar-refractivity contribution in [2.24, 2.45) is 7.05 Å². The van der Waals surface area contributed by atoms with Crippen molar-refractivity contribution in [3.8, 4) is 0 Å². The molecule has 2 rings (SSSR count). The quantitative estimate of drug-likeness (QED) is 0.837. The maximum atomic E-state index is 12.6. The third-order valence-electron chi connectivity index (χ3n) is 4.26. The Bertz CT molecular complexity index is 574. The van der Waals surface area contributed by atoms with Gasteiger partial charge in [0.25, 0.3) is 11.5 Å². The van der Waals surface area contributed by atoms with Gasteiger partial charge < -0.3 is 9.47 Å². The van der Waals surface area contributed by atoms with E-state index in [2.05, 4.69) is 0 Å². The van der Waals surface area contributed by atoms with Crippen LogP contribution in [0.4, 0.5) is 0 Å². The molecular weight excluding hydrogens is 272 g/mol. The zero-order valence-electron chi connectivity index (χ0n) is 12.6. The fourth-order valence-corrected chi connectivity index (χ4v) is 3.64. The van der Waals surface area contributed by atoms with E-state index in [0.717, 1.165) is 35.6 Å². The molecule has 1 aliphatic heterocycles. The third-order valence-corrected chi connectivity index (χ3v) is 5.31. The Labute approximate surface area is 124 Å². The predicted molar refractivity (Wildman–Crippen MR) is 83.6 cm³/mol. The summed E-state index contributed by atoms with van der Waals surface area (Å²) in [6.45, 7) is 3.83. The van der Waals surface area contributed by atoms with Gasteiger partial charge in [0.2, 0.25) is 0 Å². The molecule has 0 aliphatic carbocycles. The van der Waals surface area contributed by atoms with Gasteiger partial charge in [0, 0.05) is 25.8 Å². The highest BCUT2D eigenvalue weighted by molar-refractivity contribution is 7.99. The lowest BCUT2D eigenvalue weighted by atomic mass is 10.1. The fourth-order valence-electron chi connectivity index (χ4n) is 2.56. The Morgan fingerprint density at radius 1 is 1.35 bits per heavy atom. The molecule has 0 spiro atoms. The van der Waals surface area contributed by atoms with Crippen molar-refractivity contribution in [2.75, 3.05) is 18.6 Å². The molecule has 5 heteroatoms. The van der Waals surface area contributed by atoms with Gasteiger partial charge in [-0.3, -0.25) is 9.59 Å². The number of carbonyl (C=O) groups is 1. The van der Waals surface area contributed by atoms with Crippen molar-refractivity contribution in [1.82, 2.24) is 9.47 Å². The first-order valence-electron chi connectivity index (χ1n) is 6.95. The first kappa shape index (κ1) is 15.2. The number of aromatic nitrogens is 1. The fraction of sp³-hybridized carbons (Fsp3) is 0.600. The van der Waals surface area contributed by atoms with Crippen LogP contribution in [0.1, 0.15) is 34.5 Å². The topological polar surface area (TPSA) is 42.3 Å². The van der Waals surface area contributed by atoms with E-state index in [1.54, 1.807) is 22.6 Å². The molecule has 0 unspecified atom stereocenters. The van der Waals surface area contributed by atoms with Crippen LogP contribution in [-0.2, 0) is 7.05 Å². The SMILES string of the molecule is Cc1cc(C(=O)N(C)C2CCSCC2)c(=O)n(C)c1C. The van der Waals surface area contributed by atoms with Crippen molar-refractivity contribution in [1.29, 1.82) is 0 Å². The molecule has 1 aliphatic rings. The summed E-state index contributed by atoms with van der Waals surface area (Å²) in [4.78, 5) is 26.6. The van der Waals surface area contributed by atoms with E-state index in [4.69, 9.17) is 0 Å². The first-order chi connectivity index (χ1) is 9.43. The number of nitrogens with zero attached hydrogens (tertiary/aromatic N) is 2. The van der Waals surface area contributed by atoms with Gasteiger partial charge in [-0.15, -0.1) is 0 Å². The summed E-state index contributed by atoms with van der Waals surface area (Å²) in [5.74, 6) is 2.03. The lowest BCUT2D eigenvalue weighted by Crippen LogP contribution is -2.42. The van der Waals surface area contributed by atoms with Gasteiger partial charge in [-0.1, -0.05) is 0 Å². The van der Waals surface area contributed by atoms with Crippen LogP contribution in [0, 0.1) is 13.8 Å². The van der Waals surface area contributed by atoms with E-state index >= 15 is 0 Å². The molecule has 0 bridgehead atoms. The molecule has 0 aromatic carbocycles. The number of carbonyl (C=O) groups excluding carboxylic acids is 1. The second kappa shape index (κ2) is 6.04. The molecule has 1 aromatic heterocycles. The van der Waals surface area contributed by atoms with E-state index in [9.17, 15) is 9.59 Å². The lowest BCUT2D eigenvalue weighted by molar-refractivity contribution is 0.0721. The number of pyridine rings is 1. The monoisotopic (exact) mass is 294 g/mol. The van der Waals surface area contributed by atoms with Crippen LogP contribution in [0.15, 0.2) is 10.9 Å². The first-order valence-corrected chi connectivity index (χ1v) is 8.11. The van der Waals surface area contributed by atoms with E-state index in [-0.39, 0.29) is 23.1 Å². The summed E-state index contributed by atoms with van der Waals surface area (Å²) in [5, 5.41) is 0. The highest BCUT2D eigenvalue weighted by atomic mass is 32.2. The highest BCUT2D eigenvalue weighted by Crippen LogP contribution is 2.22. The molecular formula is C15H22N2O2S. The second-order valence-electron chi connectivity index (χ2n) is 5.45. The minimum atomic E-state index is -0.199. The van der Waals surface area contributed by atoms with Crippen LogP contribution in [0.5, 0.6) is 0 Å². The average Bonchev–Trinajstić information content (AvgIpc) is 2.48. The zero-order chi connectivity index (χ0) is 14.9. The van der Waals surface area contributed by atoms with Gasteiger partial charge in [0.1, 0.15) is 5.56 Å². The normalized spacial score (nSPS) is 16.2. The van der Waals surface area contributed by atoms with Gasteiger partial charge in [-0.2, -0.15) is 11.8 Å².